The molecule has 1 saturated heterocycles. The zero-order valence-electron chi connectivity index (χ0n) is 11.5. The fourth-order valence-electron chi connectivity index (χ4n) is 1.88. The molecule has 2 rings (SSSR count). The summed E-state index contributed by atoms with van der Waals surface area (Å²) in [5.41, 5.74) is 6.04. The van der Waals surface area contributed by atoms with Crippen molar-refractivity contribution in [2.75, 3.05) is 24.7 Å². The maximum Gasteiger partial charge on any atom is 0.416 e. The van der Waals surface area contributed by atoms with Crippen LogP contribution in [0.3, 0.4) is 0 Å². The molecule has 0 unspecified atom stereocenters. The average Bonchev–Trinajstić information content (AvgIpc) is 2.79. The smallest absolute Gasteiger partial charge is 0.416 e. The number of nitrogens with zero attached hydrogens (tertiary/aromatic N) is 2. The first kappa shape index (κ1) is 15.5. The van der Waals surface area contributed by atoms with Crippen molar-refractivity contribution >= 4 is 38.9 Å². The van der Waals surface area contributed by atoms with Crippen LogP contribution in [0.15, 0.2) is 29.2 Å². The number of hydrogen-bond acceptors (Lipinski definition) is 5. The van der Waals surface area contributed by atoms with E-state index in [1.807, 2.05) is 0 Å². The first-order chi connectivity index (χ1) is 9.70. The summed E-state index contributed by atoms with van der Waals surface area (Å²) in [6.45, 7) is 0.255. The Hall–Kier alpha value is -1.87. The molecule has 114 valence electrons. The van der Waals surface area contributed by atoms with E-state index in [9.17, 15) is 13.2 Å². The largest absolute Gasteiger partial charge is 0.423 e. The highest BCUT2D eigenvalue weighted by atomic mass is 32.2. The maximum atomic E-state index is 11.9. The van der Waals surface area contributed by atoms with Crippen LogP contribution in [-0.2, 0) is 14.6 Å². The number of carbonyl (C=O) groups excluding carboxylic acids is 1. The van der Waals surface area contributed by atoms with E-state index in [4.69, 9.17) is 22.7 Å². The molecule has 1 heterocycles. The highest BCUT2D eigenvalue weighted by Gasteiger charge is 2.35. The van der Waals surface area contributed by atoms with E-state index in [0.717, 1.165) is 6.26 Å². The van der Waals surface area contributed by atoms with Gasteiger partial charge >= 0.3 is 6.09 Å². The van der Waals surface area contributed by atoms with Crippen LogP contribution in [0.5, 0.6) is 0 Å². The molecule has 0 radical (unpaired) electrons. The first-order valence-electron chi connectivity index (χ1n) is 6.00. The number of ether oxygens (including phenoxy) is 1. The Morgan fingerprint density at radius 1 is 1.43 bits per heavy atom. The van der Waals surface area contributed by atoms with E-state index in [0.29, 0.717) is 5.69 Å². The Morgan fingerprint density at radius 3 is 2.48 bits per heavy atom. The van der Waals surface area contributed by atoms with Gasteiger partial charge in [-0.3, -0.25) is 4.90 Å². The molecule has 9 heteroatoms. The zero-order valence-corrected chi connectivity index (χ0v) is 13.1. The number of nitrogens with two attached hydrogens (primary N) is 1. The molecule has 1 fully saturated rings. The maximum absolute atomic E-state index is 11.9. The minimum absolute atomic E-state index is 0.127. The van der Waals surface area contributed by atoms with Gasteiger partial charge in [0.05, 0.1) is 11.4 Å². The lowest BCUT2D eigenvalue weighted by Gasteiger charge is -2.22. The number of thiocarbonyl (C=S) groups is 1. The van der Waals surface area contributed by atoms with E-state index >= 15 is 0 Å². The predicted molar refractivity (Wildman–Crippen MR) is 81.7 cm³/mol. The number of rotatable bonds is 3. The molecule has 21 heavy (non-hydrogen) atoms. The lowest BCUT2D eigenvalue weighted by molar-refractivity contribution is 0.0790. The molecule has 1 aromatic rings. The average molecular weight is 329 g/mol. The molecule has 1 aliphatic rings. The molecule has 0 spiro atoms. The normalized spacial score (nSPS) is 18.5. The predicted octanol–water partition coefficient (Wildman–Crippen LogP) is 0.548. The SMILES string of the molecule is CN(C(N)=S)[C@@H]1CN(c2ccc(S(C)(=O)=O)cc2)C(=O)O1. The van der Waals surface area contributed by atoms with Crippen molar-refractivity contribution in [1.29, 1.82) is 0 Å². The molecule has 0 aliphatic carbocycles. The van der Waals surface area contributed by atoms with Crippen LogP contribution in [-0.4, -0.2) is 50.6 Å². The van der Waals surface area contributed by atoms with Gasteiger partial charge in [-0.25, -0.2) is 13.2 Å². The molecule has 1 atom stereocenters. The Bertz CT molecular complexity index is 672. The van der Waals surface area contributed by atoms with Gasteiger partial charge in [-0.05, 0) is 36.5 Å². The Morgan fingerprint density at radius 2 is 2.00 bits per heavy atom. The second-order valence-electron chi connectivity index (χ2n) is 4.66. The lowest BCUT2D eigenvalue weighted by Crippen LogP contribution is -2.42. The van der Waals surface area contributed by atoms with Crippen LogP contribution >= 0.6 is 12.2 Å². The molecule has 0 aromatic heterocycles. The van der Waals surface area contributed by atoms with E-state index in [-0.39, 0.29) is 16.6 Å². The fourth-order valence-corrected chi connectivity index (χ4v) is 2.62. The monoisotopic (exact) mass is 329 g/mol. The summed E-state index contributed by atoms with van der Waals surface area (Å²) >= 11 is 4.83. The Labute approximate surface area is 128 Å². The van der Waals surface area contributed by atoms with E-state index in [1.165, 1.54) is 21.9 Å². The van der Waals surface area contributed by atoms with Crippen molar-refractivity contribution in [1.82, 2.24) is 4.90 Å². The second-order valence-corrected chi connectivity index (χ2v) is 7.10. The van der Waals surface area contributed by atoms with Gasteiger partial charge < -0.3 is 15.4 Å². The highest BCUT2D eigenvalue weighted by Crippen LogP contribution is 2.24. The lowest BCUT2D eigenvalue weighted by atomic mass is 10.3. The Kier molecular flexibility index (Phi) is 4.06. The van der Waals surface area contributed by atoms with Gasteiger partial charge in [0.15, 0.2) is 21.2 Å². The van der Waals surface area contributed by atoms with Gasteiger partial charge in [-0.2, -0.15) is 0 Å². The summed E-state index contributed by atoms with van der Waals surface area (Å²) in [5.74, 6) is 0. The number of amides is 1. The summed E-state index contributed by atoms with van der Waals surface area (Å²) in [6.07, 6.45) is 0.0269. The molecule has 7 nitrogen and oxygen atoms in total. The molecule has 0 saturated carbocycles. The summed E-state index contributed by atoms with van der Waals surface area (Å²) < 4.78 is 28.0. The van der Waals surface area contributed by atoms with Crippen molar-refractivity contribution in [3.8, 4) is 0 Å². The van der Waals surface area contributed by atoms with Crippen LogP contribution in [0.2, 0.25) is 0 Å². The van der Waals surface area contributed by atoms with Crippen molar-refractivity contribution in [2.24, 2.45) is 5.73 Å². The zero-order chi connectivity index (χ0) is 15.8. The highest BCUT2D eigenvalue weighted by molar-refractivity contribution is 7.90. The van der Waals surface area contributed by atoms with E-state index < -0.39 is 22.2 Å². The quantitative estimate of drug-likeness (QED) is 0.809. The van der Waals surface area contributed by atoms with Gasteiger partial charge in [0.25, 0.3) is 0 Å². The number of carbonyl (C=O) groups is 1. The minimum atomic E-state index is -3.27. The number of likely N-dealkylation sites (N-methyl/N-ethyl adjacent to an activating group) is 1. The first-order valence-corrected chi connectivity index (χ1v) is 8.30. The van der Waals surface area contributed by atoms with E-state index in [2.05, 4.69) is 0 Å². The number of benzene rings is 1. The van der Waals surface area contributed by atoms with Crippen LogP contribution < -0.4 is 10.6 Å². The van der Waals surface area contributed by atoms with Gasteiger partial charge in [0.1, 0.15) is 0 Å². The minimum Gasteiger partial charge on any atom is -0.423 e. The molecule has 1 amide bonds. The standard InChI is InChI=1S/C12H15N3O4S2/c1-14(11(13)20)10-7-15(12(16)19-10)8-3-5-9(6-4-8)21(2,17)18/h3-6,10H,7H2,1-2H3,(H2,13,20)/t10-/m0/s1. The summed E-state index contributed by atoms with van der Waals surface area (Å²) in [4.78, 5) is 14.9. The Balaban J connectivity index is 2.19. The molecule has 0 bridgehead atoms. The van der Waals surface area contributed by atoms with Gasteiger partial charge in [0.2, 0.25) is 0 Å². The third-order valence-corrected chi connectivity index (χ3v) is 4.57. The molecule has 2 N–H and O–H groups in total. The van der Waals surface area contributed by atoms with Crippen molar-refractivity contribution in [2.45, 2.75) is 11.1 Å². The molecular formula is C12H15N3O4S2. The second kappa shape index (κ2) is 5.49. The van der Waals surface area contributed by atoms with Gasteiger partial charge in [-0.1, -0.05) is 0 Å². The van der Waals surface area contributed by atoms with Crippen molar-refractivity contribution in [3.63, 3.8) is 0 Å². The molecule has 1 aromatic carbocycles. The van der Waals surface area contributed by atoms with Gasteiger partial charge in [0, 0.05) is 19.0 Å². The number of hydrogen-bond donors (Lipinski definition) is 1. The van der Waals surface area contributed by atoms with Crippen LogP contribution in [0.4, 0.5) is 10.5 Å². The number of sulfone groups is 1. The van der Waals surface area contributed by atoms with Crippen LogP contribution in [0, 0.1) is 0 Å². The summed E-state index contributed by atoms with van der Waals surface area (Å²) in [7, 11) is -1.63. The fraction of sp³-hybridized carbons (Fsp3) is 0.333. The van der Waals surface area contributed by atoms with Crippen molar-refractivity contribution in [3.05, 3.63) is 24.3 Å². The third kappa shape index (κ3) is 3.24. The number of cyclic esters (lactones) is 1. The van der Waals surface area contributed by atoms with E-state index in [1.54, 1.807) is 19.2 Å². The number of anilines is 1. The molecule has 1 aliphatic heterocycles. The third-order valence-electron chi connectivity index (χ3n) is 3.15. The topological polar surface area (TPSA) is 92.9 Å². The summed E-state index contributed by atoms with van der Waals surface area (Å²) in [6, 6.07) is 6.01. The van der Waals surface area contributed by atoms with Crippen molar-refractivity contribution < 1.29 is 17.9 Å². The van der Waals surface area contributed by atoms with Crippen LogP contribution in [0.25, 0.3) is 0 Å². The van der Waals surface area contributed by atoms with Crippen LogP contribution in [0.1, 0.15) is 0 Å². The van der Waals surface area contributed by atoms with Gasteiger partial charge in [-0.15, -0.1) is 0 Å². The molecular weight excluding hydrogens is 314 g/mol. The summed E-state index contributed by atoms with van der Waals surface area (Å²) in [5, 5.41) is 0.127.